The average Bonchev–Trinajstić information content (AvgIpc) is 2.18. The number of carbonyl (C=O) groups excluding carboxylic acids is 1. The molecule has 2 aromatic carbocycles. The Labute approximate surface area is 81.2 Å². The van der Waals surface area contributed by atoms with Gasteiger partial charge >= 0.3 is 0 Å². The van der Waals surface area contributed by atoms with Crippen molar-refractivity contribution < 1.29 is 9.18 Å². The van der Waals surface area contributed by atoms with E-state index in [1.54, 1.807) is 24.3 Å². The van der Waals surface area contributed by atoms with Crippen LogP contribution in [-0.4, -0.2) is 5.78 Å². The van der Waals surface area contributed by atoms with Gasteiger partial charge in [0.2, 0.25) is 0 Å². The molecule has 2 rings (SSSR count). The number of benzene rings is 2. The van der Waals surface area contributed by atoms with Crippen molar-refractivity contribution in [2.24, 2.45) is 0 Å². The van der Waals surface area contributed by atoms with Gasteiger partial charge in [0.15, 0.2) is 5.78 Å². The molecule has 0 aliphatic rings. The van der Waals surface area contributed by atoms with Gasteiger partial charge in [-0.05, 0) is 24.4 Å². The van der Waals surface area contributed by atoms with Crippen molar-refractivity contribution in [1.82, 2.24) is 0 Å². The first-order chi connectivity index (χ1) is 6.68. The number of ketones is 1. The zero-order chi connectivity index (χ0) is 10.1. The van der Waals surface area contributed by atoms with E-state index in [1.165, 1.54) is 13.0 Å². The zero-order valence-corrected chi connectivity index (χ0v) is 7.75. The van der Waals surface area contributed by atoms with Gasteiger partial charge in [0, 0.05) is 10.9 Å². The summed E-state index contributed by atoms with van der Waals surface area (Å²) in [6.45, 7) is 1.47. The lowest BCUT2D eigenvalue weighted by atomic mass is 10.0. The van der Waals surface area contributed by atoms with Crippen LogP contribution in [0.25, 0.3) is 10.8 Å². The average molecular weight is 188 g/mol. The molecule has 0 heterocycles. The van der Waals surface area contributed by atoms with Gasteiger partial charge in [0.25, 0.3) is 0 Å². The van der Waals surface area contributed by atoms with Crippen molar-refractivity contribution in [3.05, 3.63) is 47.8 Å². The van der Waals surface area contributed by atoms with Crippen molar-refractivity contribution in [3.8, 4) is 0 Å². The van der Waals surface area contributed by atoms with Crippen LogP contribution in [0.4, 0.5) is 4.39 Å². The third kappa shape index (κ3) is 1.39. The Hall–Kier alpha value is -1.70. The number of halogens is 1. The number of rotatable bonds is 1. The molecule has 70 valence electrons. The summed E-state index contributed by atoms with van der Waals surface area (Å²) in [5.74, 6) is -0.333. The van der Waals surface area contributed by atoms with Crippen molar-refractivity contribution in [2.45, 2.75) is 6.92 Å². The third-order valence-electron chi connectivity index (χ3n) is 2.24. The lowest BCUT2D eigenvalue weighted by Gasteiger charge is -2.01. The highest BCUT2D eigenvalue weighted by Crippen LogP contribution is 2.19. The van der Waals surface area contributed by atoms with E-state index in [0.717, 1.165) is 5.39 Å². The first kappa shape index (κ1) is 8.88. The molecule has 1 nitrogen and oxygen atoms in total. The van der Waals surface area contributed by atoms with Crippen LogP contribution >= 0.6 is 0 Å². The largest absolute Gasteiger partial charge is 0.295 e. The predicted molar refractivity (Wildman–Crippen MR) is 53.9 cm³/mol. The summed E-state index contributed by atoms with van der Waals surface area (Å²) >= 11 is 0. The number of hydrogen-bond acceptors (Lipinski definition) is 1. The number of carbonyl (C=O) groups is 1. The Morgan fingerprint density at radius 1 is 1.21 bits per heavy atom. The molecule has 0 atom stereocenters. The van der Waals surface area contributed by atoms with Crippen LogP contribution in [-0.2, 0) is 0 Å². The van der Waals surface area contributed by atoms with E-state index in [2.05, 4.69) is 0 Å². The van der Waals surface area contributed by atoms with Crippen LogP contribution in [0.5, 0.6) is 0 Å². The standard InChI is InChI=1S/C12H9FO/c1-8(14)10-6-5-9-3-2-4-12(13)11(9)7-10/h2-7H,1H3. The third-order valence-corrected chi connectivity index (χ3v) is 2.24. The van der Waals surface area contributed by atoms with Crippen LogP contribution in [0.1, 0.15) is 17.3 Å². The van der Waals surface area contributed by atoms with Crippen LogP contribution in [0.15, 0.2) is 36.4 Å². The van der Waals surface area contributed by atoms with Gasteiger partial charge in [-0.1, -0.05) is 24.3 Å². The molecule has 0 unspecified atom stereocenters. The van der Waals surface area contributed by atoms with Crippen LogP contribution in [0.3, 0.4) is 0 Å². The normalized spacial score (nSPS) is 10.4. The topological polar surface area (TPSA) is 17.1 Å². The van der Waals surface area contributed by atoms with Crippen molar-refractivity contribution in [2.75, 3.05) is 0 Å². The Morgan fingerprint density at radius 2 is 2.00 bits per heavy atom. The molecule has 0 aromatic heterocycles. The fourth-order valence-corrected chi connectivity index (χ4v) is 1.45. The Balaban J connectivity index is 2.76. The maximum atomic E-state index is 13.3. The highest BCUT2D eigenvalue weighted by Gasteiger charge is 2.03. The maximum Gasteiger partial charge on any atom is 0.159 e. The fourth-order valence-electron chi connectivity index (χ4n) is 1.45. The minimum atomic E-state index is -0.286. The van der Waals surface area contributed by atoms with E-state index in [4.69, 9.17) is 0 Å². The second kappa shape index (κ2) is 3.22. The maximum absolute atomic E-state index is 13.3. The molecule has 14 heavy (non-hydrogen) atoms. The molecule has 0 aliphatic carbocycles. The summed E-state index contributed by atoms with van der Waals surface area (Å²) in [6.07, 6.45) is 0. The molecular weight excluding hydrogens is 179 g/mol. The molecule has 2 aromatic rings. The molecule has 0 bridgehead atoms. The van der Waals surface area contributed by atoms with E-state index in [0.29, 0.717) is 10.9 Å². The molecule has 0 N–H and O–H groups in total. The van der Waals surface area contributed by atoms with Gasteiger partial charge in [0.1, 0.15) is 5.82 Å². The first-order valence-corrected chi connectivity index (χ1v) is 4.38. The van der Waals surface area contributed by atoms with E-state index >= 15 is 0 Å². The monoisotopic (exact) mass is 188 g/mol. The van der Waals surface area contributed by atoms with E-state index in [1.807, 2.05) is 6.07 Å². The first-order valence-electron chi connectivity index (χ1n) is 4.38. The van der Waals surface area contributed by atoms with Crippen LogP contribution in [0, 0.1) is 5.82 Å². The van der Waals surface area contributed by atoms with Crippen molar-refractivity contribution in [3.63, 3.8) is 0 Å². The number of Topliss-reactive ketones (excluding diaryl/α,β-unsaturated/α-hetero) is 1. The second-order valence-electron chi connectivity index (χ2n) is 3.23. The molecule has 0 radical (unpaired) electrons. The van der Waals surface area contributed by atoms with Crippen molar-refractivity contribution in [1.29, 1.82) is 0 Å². The second-order valence-corrected chi connectivity index (χ2v) is 3.23. The molecule has 0 fully saturated rings. The molecule has 0 saturated heterocycles. The predicted octanol–water partition coefficient (Wildman–Crippen LogP) is 3.18. The summed E-state index contributed by atoms with van der Waals surface area (Å²) in [5.41, 5.74) is 0.544. The molecular formula is C12H9FO. The molecule has 0 spiro atoms. The minimum Gasteiger partial charge on any atom is -0.295 e. The van der Waals surface area contributed by atoms with E-state index in [-0.39, 0.29) is 11.6 Å². The Bertz CT molecular complexity index is 503. The molecule has 2 heteroatoms. The Morgan fingerprint density at radius 3 is 2.71 bits per heavy atom. The highest BCUT2D eigenvalue weighted by atomic mass is 19.1. The summed E-state index contributed by atoms with van der Waals surface area (Å²) in [6, 6.07) is 9.94. The van der Waals surface area contributed by atoms with Gasteiger partial charge in [-0.3, -0.25) is 4.79 Å². The summed E-state index contributed by atoms with van der Waals surface area (Å²) < 4.78 is 13.3. The summed E-state index contributed by atoms with van der Waals surface area (Å²) in [5, 5.41) is 1.32. The SMILES string of the molecule is CC(=O)c1ccc2cccc(F)c2c1. The Kier molecular flexibility index (Phi) is 2.04. The lowest BCUT2D eigenvalue weighted by molar-refractivity contribution is 0.101. The highest BCUT2D eigenvalue weighted by molar-refractivity contribution is 5.98. The summed E-state index contributed by atoms with van der Waals surface area (Å²) in [7, 11) is 0. The zero-order valence-electron chi connectivity index (χ0n) is 7.75. The fraction of sp³-hybridized carbons (Fsp3) is 0.0833. The molecule has 0 amide bonds. The smallest absolute Gasteiger partial charge is 0.159 e. The molecule has 0 saturated carbocycles. The van der Waals surface area contributed by atoms with Crippen LogP contribution in [0.2, 0.25) is 0 Å². The number of fused-ring (bicyclic) bond motifs is 1. The summed E-state index contributed by atoms with van der Waals surface area (Å²) in [4.78, 5) is 11.1. The quantitative estimate of drug-likeness (QED) is 0.628. The number of hydrogen-bond donors (Lipinski definition) is 0. The van der Waals surface area contributed by atoms with Gasteiger partial charge < -0.3 is 0 Å². The van der Waals surface area contributed by atoms with Gasteiger partial charge in [-0.15, -0.1) is 0 Å². The molecule has 0 aliphatic heterocycles. The minimum absolute atomic E-state index is 0.0462. The van der Waals surface area contributed by atoms with Gasteiger partial charge in [-0.25, -0.2) is 4.39 Å². The lowest BCUT2D eigenvalue weighted by Crippen LogP contribution is -1.91. The van der Waals surface area contributed by atoms with Gasteiger partial charge in [-0.2, -0.15) is 0 Å². The van der Waals surface area contributed by atoms with Crippen LogP contribution < -0.4 is 0 Å². The van der Waals surface area contributed by atoms with E-state index in [9.17, 15) is 9.18 Å². The van der Waals surface area contributed by atoms with Gasteiger partial charge in [0.05, 0.1) is 0 Å². The van der Waals surface area contributed by atoms with E-state index < -0.39 is 0 Å². The van der Waals surface area contributed by atoms with Crippen molar-refractivity contribution >= 4 is 16.6 Å².